The van der Waals surface area contributed by atoms with Crippen LogP contribution in [0.4, 0.5) is 0 Å². The summed E-state index contributed by atoms with van der Waals surface area (Å²) >= 11 is 0. The Balaban J connectivity index is 1.40. The van der Waals surface area contributed by atoms with Crippen LogP contribution in [0.2, 0.25) is 0 Å². The fourth-order valence-electron chi connectivity index (χ4n) is 2.77. The van der Waals surface area contributed by atoms with E-state index in [-0.39, 0.29) is 24.4 Å². The molecule has 2 aromatic carbocycles. The highest BCUT2D eigenvalue weighted by atomic mass is 16.5. The molecule has 3 rings (SSSR count). The van der Waals surface area contributed by atoms with Gasteiger partial charge in [0.05, 0.1) is 12.8 Å². The summed E-state index contributed by atoms with van der Waals surface area (Å²) in [6, 6.07) is 19.9. The SMILES string of the molecule is CC(CCc1ccco1)NC(=O)CNC(=O)c1ccc(Oc2ccccc2)cc1. The highest BCUT2D eigenvalue weighted by Gasteiger charge is 2.11. The van der Waals surface area contributed by atoms with Crippen LogP contribution in [0.1, 0.15) is 29.5 Å². The topological polar surface area (TPSA) is 80.6 Å². The summed E-state index contributed by atoms with van der Waals surface area (Å²) in [6.45, 7) is 1.85. The van der Waals surface area contributed by atoms with Gasteiger partial charge in [-0.05, 0) is 61.9 Å². The first kappa shape index (κ1) is 20.2. The van der Waals surface area contributed by atoms with E-state index in [2.05, 4.69) is 10.6 Å². The highest BCUT2D eigenvalue weighted by molar-refractivity contribution is 5.96. The molecule has 0 saturated carbocycles. The van der Waals surface area contributed by atoms with E-state index in [9.17, 15) is 9.59 Å². The van der Waals surface area contributed by atoms with E-state index in [4.69, 9.17) is 9.15 Å². The number of para-hydroxylation sites is 1. The van der Waals surface area contributed by atoms with Crippen molar-refractivity contribution in [2.24, 2.45) is 0 Å². The Labute approximate surface area is 169 Å². The Hall–Kier alpha value is -3.54. The summed E-state index contributed by atoms with van der Waals surface area (Å²) in [5, 5.41) is 5.50. The minimum atomic E-state index is -0.311. The van der Waals surface area contributed by atoms with Gasteiger partial charge < -0.3 is 19.8 Å². The molecule has 1 heterocycles. The van der Waals surface area contributed by atoms with Gasteiger partial charge in [-0.15, -0.1) is 0 Å². The van der Waals surface area contributed by atoms with Crippen molar-refractivity contribution in [3.63, 3.8) is 0 Å². The molecule has 0 fully saturated rings. The third kappa shape index (κ3) is 6.53. The molecule has 1 atom stereocenters. The van der Waals surface area contributed by atoms with Gasteiger partial charge in [0.1, 0.15) is 17.3 Å². The number of aryl methyl sites for hydroxylation is 1. The molecule has 1 aromatic heterocycles. The zero-order valence-corrected chi connectivity index (χ0v) is 16.3. The molecule has 0 saturated heterocycles. The van der Waals surface area contributed by atoms with Crippen LogP contribution in [0.15, 0.2) is 77.4 Å². The van der Waals surface area contributed by atoms with Crippen LogP contribution in [0, 0.1) is 0 Å². The summed E-state index contributed by atoms with van der Waals surface area (Å²) in [6.07, 6.45) is 3.14. The molecule has 0 radical (unpaired) electrons. The van der Waals surface area contributed by atoms with Gasteiger partial charge in [-0.2, -0.15) is 0 Å². The van der Waals surface area contributed by atoms with E-state index in [1.807, 2.05) is 49.4 Å². The molecule has 29 heavy (non-hydrogen) atoms. The number of carbonyl (C=O) groups excluding carboxylic acids is 2. The summed E-state index contributed by atoms with van der Waals surface area (Å²) in [5.41, 5.74) is 0.462. The molecule has 3 aromatic rings. The van der Waals surface area contributed by atoms with Gasteiger partial charge in [0, 0.05) is 18.0 Å². The van der Waals surface area contributed by atoms with Gasteiger partial charge in [0.25, 0.3) is 5.91 Å². The lowest BCUT2D eigenvalue weighted by Crippen LogP contribution is -2.41. The van der Waals surface area contributed by atoms with Crippen molar-refractivity contribution < 1.29 is 18.7 Å². The van der Waals surface area contributed by atoms with Crippen molar-refractivity contribution in [3.05, 3.63) is 84.3 Å². The lowest BCUT2D eigenvalue weighted by molar-refractivity contribution is -0.120. The molecule has 0 aliphatic carbocycles. The number of hydrogen-bond acceptors (Lipinski definition) is 4. The maximum Gasteiger partial charge on any atom is 0.251 e. The number of amides is 2. The number of hydrogen-bond donors (Lipinski definition) is 2. The fourth-order valence-corrected chi connectivity index (χ4v) is 2.77. The standard InChI is InChI=1S/C23H24N2O4/c1-17(9-12-19-8-5-15-28-19)25-22(26)16-24-23(27)18-10-13-21(14-11-18)29-20-6-3-2-4-7-20/h2-8,10-11,13-15,17H,9,12,16H2,1H3,(H,24,27)(H,25,26). The molecular weight excluding hydrogens is 368 g/mol. The predicted octanol–water partition coefficient (Wildman–Crippen LogP) is 3.94. The molecule has 2 amide bonds. The quantitative estimate of drug-likeness (QED) is 0.578. The van der Waals surface area contributed by atoms with Crippen molar-refractivity contribution in [1.29, 1.82) is 0 Å². The summed E-state index contributed by atoms with van der Waals surface area (Å²) in [4.78, 5) is 24.3. The molecule has 150 valence electrons. The Kier molecular flexibility index (Phi) is 7.05. The fraction of sp³-hybridized carbons (Fsp3) is 0.217. The van der Waals surface area contributed by atoms with Crippen molar-refractivity contribution in [1.82, 2.24) is 10.6 Å². The van der Waals surface area contributed by atoms with E-state index in [1.54, 1.807) is 30.5 Å². The molecule has 6 heteroatoms. The predicted molar refractivity (Wildman–Crippen MR) is 110 cm³/mol. The molecule has 0 spiro atoms. The summed E-state index contributed by atoms with van der Waals surface area (Å²) in [5.74, 6) is 1.71. The zero-order valence-electron chi connectivity index (χ0n) is 16.3. The Bertz CT molecular complexity index is 906. The van der Waals surface area contributed by atoms with Gasteiger partial charge >= 0.3 is 0 Å². The maximum atomic E-state index is 12.2. The first-order valence-electron chi connectivity index (χ1n) is 9.53. The number of furan rings is 1. The lowest BCUT2D eigenvalue weighted by Gasteiger charge is -2.13. The van der Waals surface area contributed by atoms with Crippen molar-refractivity contribution >= 4 is 11.8 Å². The summed E-state index contributed by atoms with van der Waals surface area (Å²) in [7, 11) is 0. The van der Waals surface area contributed by atoms with Crippen molar-refractivity contribution in [3.8, 4) is 11.5 Å². The van der Waals surface area contributed by atoms with Crippen LogP contribution in [0.3, 0.4) is 0 Å². The first-order valence-corrected chi connectivity index (χ1v) is 9.53. The largest absolute Gasteiger partial charge is 0.469 e. The van der Waals surface area contributed by atoms with E-state index < -0.39 is 0 Å². The van der Waals surface area contributed by atoms with E-state index in [0.717, 1.165) is 24.4 Å². The van der Waals surface area contributed by atoms with Crippen LogP contribution < -0.4 is 15.4 Å². The summed E-state index contributed by atoms with van der Waals surface area (Å²) < 4.78 is 11.0. The van der Waals surface area contributed by atoms with Crippen molar-refractivity contribution in [2.75, 3.05) is 6.54 Å². The first-order chi connectivity index (χ1) is 14.1. The van der Waals surface area contributed by atoms with E-state index in [0.29, 0.717) is 11.3 Å². The van der Waals surface area contributed by atoms with Crippen LogP contribution in [0.25, 0.3) is 0 Å². The van der Waals surface area contributed by atoms with Gasteiger partial charge in [0.2, 0.25) is 5.91 Å². The highest BCUT2D eigenvalue weighted by Crippen LogP contribution is 2.21. The second kappa shape index (κ2) is 10.1. The normalized spacial score (nSPS) is 11.5. The van der Waals surface area contributed by atoms with Crippen LogP contribution in [0.5, 0.6) is 11.5 Å². The Morgan fingerprint density at radius 1 is 0.966 bits per heavy atom. The van der Waals surface area contributed by atoms with Crippen LogP contribution in [-0.2, 0) is 11.2 Å². The van der Waals surface area contributed by atoms with Gasteiger partial charge in [-0.25, -0.2) is 0 Å². The average Bonchev–Trinajstić information content (AvgIpc) is 3.25. The molecule has 0 aliphatic rings. The number of benzene rings is 2. The van der Waals surface area contributed by atoms with E-state index in [1.165, 1.54) is 0 Å². The molecule has 0 aliphatic heterocycles. The van der Waals surface area contributed by atoms with Crippen LogP contribution >= 0.6 is 0 Å². The Morgan fingerprint density at radius 2 is 1.69 bits per heavy atom. The Morgan fingerprint density at radius 3 is 2.38 bits per heavy atom. The molecular formula is C23H24N2O4. The molecule has 2 N–H and O–H groups in total. The van der Waals surface area contributed by atoms with Crippen LogP contribution in [-0.4, -0.2) is 24.4 Å². The number of carbonyl (C=O) groups is 2. The van der Waals surface area contributed by atoms with Gasteiger partial charge in [0.15, 0.2) is 0 Å². The maximum absolute atomic E-state index is 12.2. The molecule has 1 unspecified atom stereocenters. The molecule has 6 nitrogen and oxygen atoms in total. The van der Waals surface area contributed by atoms with Crippen molar-refractivity contribution in [2.45, 2.75) is 25.8 Å². The number of rotatable bonds is 9. The number of ether oxygens (including phenoxy) is 1. The smallest absolute Gasteiger partial charge is 0.251 e. The minimum absolute atomic E-state index is 0.0149. The van der Waals surface area contributed by atoms with E-state index >= 15 is 0 Å². The third-order valence-electron chi connectivity index (χ3n) is 4.32. The average molecular weight is 392 g/mol. The monoisotopic (exact) mass is 392 g/mol. The molecule has 0 bridgehead atoms. The second-order valence-electron chi connectivity index (χ2n) is 6.71. The lowest BCUT2D eigenvalue weighted by atomic mass is 10.1. The van der Waals surface area contributed by atoms with Gasteiger partial charge in [-0.3, -0.25) is 9.59 Å². The third-order valence-corrected chi connectivity index (χ3v) is 4.32. The van der Waals surface area contributed by atoms with Gasteiger partial charge in [-0.1, -0.05) is 18.2 Å². The second-order valence-corrected chi connectivity index (χ2v) is 6.71. The minimum Gasteiger partial charge on any atom is -0.469 e. The zero-order chi connectivity index (χ0) is 20.5. The number of nitrogens with one attached hydrogen (secondary N) is 2.